The average Bonchev–Trinajstić information content (AvgIpc) is 2.42. The van der Waals surface area contributed by atoms with Gasteiger partial charge >= 0.3 is 0 Å². The van der Waals surface area contributed by atoms with Crippen LogP contribution in [-0.4, -0.2) is 35.7 Å². The Hall–Kier alpha value is -1.68. The molecule has 1 aromatic rings. The normalized spacial score (nSPS) is 17.6. The highest BCUT2D eigenvalue weighted by Gasteiger charge is 2.25. The molecule has 4 nitrogen and oxygen atoms in total. The Morgan fingerprint density at radius 1 is 1.14 bits per heavy atom. The topological polar surface area (TPSA) is 49.4 Å². The van der Waals surface area contributed by atoms with Crippen LogP contribution in [-0.2, 0) is 9.59 Å². The van der Waals surface area contributed by atoms with Gasteiger partial charge in [-0.3, -0.25) is 14.5 Å². The average molecular weight is 288 g/mol. The van der Waals surface area contributed by atoms with E-state index < -0.39 is 0 Å². The summed E-state index contributed by atoms with van der Waals surface area (Å²) in [6.45, 7) is 9.35. The number of nitrogens with one attached hydrogen (secondary N) is 1. The maximum absolute atomic E-state index is 12.4. The predicted octanol–water partition coefficient (Wildman–Crippen LogP) is 2.60. The number of benzene rings is 1. The second-order valence-electron chi connectivity index (χ2n) is 6.01. The lowest BCUT2D eigenvalue weighted by atomic mass is 10.0. The fraction of sp³-hybridized carbons (Fsp3) is 0.529. The number of likely N-dealkylation sites (tertiary alicyclic amines) is 1. The van der Waals surface area contributed by atoms with Crippen LogP contribution < -0.4 is 5.32 Å². The third kappa shape index (κ3) is 3.70. The van der Waals surface area contributed by atoms with Gasteiger partial charge in [0, 0.05) is 31.6 Å². The number of piperidine rings is 1. The van der Waals surface area contributed by atoms with Gasteiger partial charge in [-0.25, -0.2) is 0 Å². The molecule has 1 aliphatic heterocycles. The van der Waals surface area contributed by atoms with Gasteiger partial charge in [-0.2, -0.15) is 0 Å². The van der Waals surface area contributed by atoms with E-state index in [1.165, 1.54) is 5.56 Å². The molecule has 1 N–H and O–H groups in total. The van der Waals surface area contributed by atoms with Crippen molar-refractivity contribution in [3.05, 3.63) is 28.8 Å². The van der Waals surface area contributed by atoms with E-state index in [4.69, 9.17) is 0 Å². The summed E-state index contributed by atoms with van der Waals surface area (Å²) < 4.78 is 0. The second kappa shape index (κ2) is 6.39. The van der Waals surface area contributed by atoms with Gasteiger partial charge in [0.15, 0.2) is 0 Å². The molecule has 1 unspecified atom stereocenters. The number of hydrogen-bond donors (Lipinski definition) is 1. The zero-order valence-corrected chi connectivity index (χ0v) is 13.3. The van der Waals surface area contributed by atoms with Crippen molar-refractivity contribution < 1.29 is 9.59 Å². The molecule has 0 bridgehead atoms. The summed E-state index contributed by atoms with van der Waals surface area (Å²) >= 11 is 0. The predicted molar refractivity (Wildman–Crippen MR) is 84.6 cm³/mol. The van der Waals surface area contributed by atoms with E-state index in [2.05, 4.69) is 29.3 Å². The molecule has 1 saturated heterocycles. The van der Waals surface area contributed by atoms with Crippen LogP contribution in [0.1, 0.15) is 36.5 Å². The number of aryl methyl sites for hydroxylation is 3. The van der Waals surface area contributed by atoms with Gasteiger partial charge in [0.2, 0.25) is 5.91 Å². The van der Waals surface area contributed by atoms with Crippen molar-refractivity contribution in [3.63, 3.8) is 0 Å². The highest BCUT2D eigenvalue weighted by Crippen LogP contribution is 2.22. The summed E-state index contributed by atoms with van der Waals surface area (Å²) in [6.07, 6.45) is 1.11. The van der Waals surface area contributed by atoms with Crippen LogP contribution in [0.4, 0.5) is 5.69 Å². The van der Waals surface area contributed by atoms with Crippen LogP contribution in [0.15, 0.2) is 12.1 Å². The number of rotatable bonds is 3. The van der Waals surface area contributed by atoms with Crippen molar-refractivity contribution in [2.45, 2.75) is 46.6 Å². The molecule has 0 aliphatic carbocycles. The molecule has 2 rings (SSSR count). The third-order valence-corrected chi connectivity index (χ3v) is 4.21. The van der Waals surface area contributed by atoms with Gasteiger partial charge in [-0.15, -0.1) is 0 Å². The minimum absolute atomic E-state index is 0.000554. The van der Waals surface area contributed by atoms with Gasteiger partial charge in [-0.1, -0.05) is 17.7 Å². The van der Waals surface area contributed by atoms with E-state index in [1.54, 1.807) is 0 Å². The first-order valence-electron chi connectivity index (χ1n) is 7.53. The smallest absolute Gasteiger partial charge is 0.241 e. The molecular formula is C17H24N2O2. The van der Waals surface area contributed by atoms with Crippen molar-refractivity contribution in [3.8, 4) is 0 Å². The molecular weight excluding hydrogens is 264 g/mol. The van der Waals surface area contributed by atoms with E-state index in [0.717, 1.165) is 16.8 Å². The maximum atomic E-state index is 12.4. The first-order chi connectivity index (χ1) is 9.88. The molecule has 1 heterocycles. The number of carbonyl (C=O) groups is 2. The number of hydrogen-bond acceptors (Lipinski definition) is 3. The Kier molecular flexibility index (Phi) is 4.78. The SMILES string of the molecule is Cc1cc(C)c(NC(=O)C(C)N2CCC(=O)CC2)c(C)c1. The lowest BCUT2D eigenvalue weighted by Crippen LogP contribution is -2.46. The van der Waals surface area contributed by atoms with Gasteiger partial charge in [-0.05, 0) is 38.8 Å². The molecule has 1 amide bonds. The first kappa shape index (κ1) is 15.7. The summed E-state index contributed by atoms with van der Waals surface area (Å²) in [5.41, 5.74) is 4.28. The zero-order valence-electron chi connectivity index (χ0n) is 13.3. The van der Waals surface area contributed by atoms with E-state index in [-0.39, 0.29) is 11.9 Å². The van der Waals surface area contributed by atoms with Gasteiger partial charge in [0.25, 0.3) is 0 Å². The minimum atomic E-state index is -0.210. The van der Waals surface area contributed by atoms with Crippen molar-refractivity contribution in [2.24, 2.45) is 0 Å². The molecule has 1 atom stereocenters. The molecule has 1 fully saturated rings. The van der Waals surface area contributed by atoms with Gasteiger partial charge < -0.3 is 5.32 Å². The van der Waals surface area contributed by atoms with Gasteiger partial charge in [0.1, 0.15) is 5.78 Å². The molecule has 21 heavy (non-hydrogen) atoms. The molecule has 1 aliphatic rings. The fourth-order valence-electron chi connectivity index (χ4n) is 2.93. The van der Waals surface area contributed by atoms with Crippen LogP contribution in [0.3, 0.4) is 0 Å². The number of nitrogens with zero attached hydrogens (tertiary/aromatic N) is 1. The molecule has 0 radical (unpaired) electrons. The highest BCUT2D eigenvalue weighted by molar-refractivity contribution is 5.96. The lowest BCUT2D eigenvalue weighted by molar-refractivity contribution is -0.126. The maximum Gasteiger partial charge on any atom is 0.241 e. The Bertz CT molecular complexity index is 533. The minimum Gasteiger partial charge on any atom is -0.324 e. The third-order valence-electron chi connectivity index (χ3n) is 4.21. The van der Waals surface area contributed by atoms with Crippen molar-refractivity contribution in [2.75, 3.05) is 18.4 Å². The standard InChI is InChI=1S/C17H24N2O2/c1-11-9-12(2)16(13(3)10-11)18-17(21)14(4)19-7-5-15(20)6-8-19/h9-10,14H,5-8H2,1-4H3,(H,18,21). The highest BCUT2D eigenvalue weighted by atomic mass is 16.2. The van der Waals surface area contributed by atoms with Gasteiger partial charge in [0.05, 0.1) is 6.04 Å². The summed E-state index contributed by atoms with van der Waals surface area (Å²) in [5, 5.41) is 3.05. The van der Waals surface area contributed by atoms with Crippen LogP contribution in [0.25, 0.3) is 0 Å². The Morgan fingerprint density at radius 3 is 2.19 bits per heavy atom. The van der Waals surface area contributed by atoms with Crippen LogP contribution in [0.2, 0.25) is 0 Å². The molecule has 0 saturated carbocycles. The second-order valence-corrected chi connectivity index (χ2v) is 6.01. The fourth-order valence-corrected chi connectivity index (χ4v) is 2.93. The summed E-state index contributed by atoms with van der Waals surface area (Å²) in [5.74, 6) is 0.295. The number of anilines is 1. The number of amides is 1. The molecule has 0 aromatic heterocycles. The number of carbonyl (C=O) groups excluding carboxylic acids is 2. The van der Waals surface area contributed by atoms with E-state index >= 15 is 0 Å². The Labute approximate surface area is 126 Å². The van der Waals surface area contributed by atoms with E-state index in [0.29, 0.717) is 31.7 Å². The largest absolute Gasteiger partial charge is 0.324 e. The number of Topliss-reactive ketones (excluding diaryl/α,β-unsaturated/α-hetero) is 1. The van der Waals surface area contributed by atoms with E-state index in [9.17, 15) is 9.59 Å². The monoisotopic (exact) mass is 288 g/mol. The summed E-state index contributed by atoms with van der Waals surface area (Å²) in [4.78, 5) is 25.8. The molecule has 114 valence electrons. The van der Waals surface area contributed by atoms with Crippen molar-refractivity contribution in [1.82, 2.24) is 4.90 Å². The Balaban J connectivity index is 2.06. The molecule has 1 aromatic carbocycles. The Morgan fingerprint density at radius 2 is 1.67 bits per heavy atom. The number of ketones is 1. The molecule has 4 heteroatoms. The van der Waals surface area contributed by atoms with Crippen LogP contribution in [0, 0.1) is 20.8 Å². The van der Waals surface area contributed by atoms with Crippen LogP contribution in [0.5, 0.6) is 0 Å². The summed E-state index contributed by atoms with van der Waals surface area (Å²) in [7, 11) is 0. The zero-order chi connectivity index (χ0) is 15.6. The molecule has 0 spiro atoms. The van der Waals surface area contributed by atoms with E-state index in [1.807, 2.05) is 20.8 Å². The first-order valence-corrected chi connectivity index (χ1v) is 7.53. The van der Waals surface area contributed by atoms with Crippen LogP contribution >= 0.6 is 0 Å². The summed E-state index contributed by atoms with van der Waals surface area (Å²) in [6, 6.07) is 3.94. The lowest BCUT2D eigenvalue weighted by Gasteiger charge is -2.31. The quantitative estimate of drug-likeness (QED) is 0.930. The van der Waals surface area contributed by atoms with Crippen molar-refractivity contribution >= 4 is 17.4 Å². The van der Waals surface area contributed by atoms with Crippen molar-refractivity contribution in [1.29, 1.82) is 0 Å².